The van der Waals surface area contributed by atoms with Gasteiger partial charge in [0.1, 0.15) is 6.10 Å². The minimum absolute atomic E-state index is 0.0111. The van der Waals surface area contributed by atoms with Crippen LogP contribution in [0.2, 0.25) is 0 Å². The van der Waals surface area contributed by atoms with Crippen molar-refractivity contribution in [2.45, 2.75) is 51.6 Å². The molecule has 0 saturated carbocycles. The summed E-state index contributed by atoms with van der Waals surface area (Å²) in [5.41, 5.74) is 3.16. The maximum Gasteiger partial charge on any atom is 0.387 e. The van der Waals surface area contributed by atoms with Crippen LogP contribution in [-0.4, -0.2) is 29.3 Å². The van der Waals surface area contributed by atoms with Crippen LogP contribution < -0.4 is 9.47 Å². The second-order valence-corrected chi connectivity index (χ2v) is 8.36. The number of rotatable bonds is 10. The summed E-state index contributed by atoms with van der Waals surface area (Å²) in [5.74, 6) is -0.893. The van der Waals surface area contributed by atoms with Gasteiger partial charge in [-0.25, -0.2) is 0 Å². The molecular weight excluding hydrogens is 452 g/mol. The molecule has 9 heteroatoms. The molecule has 3 heterocycles. The molecule has 0 N–H and O–H groups in total. The van der Waals surface area contributed by atoms with Gasteiger partial charge in [0.15, 0.2) is 11.5 Å². The molecule has 3 unspecified atom stereocenters. The second kappa shape index (κ2) is 10.4. The molecular formula is C25H24F4N2O3. The number of hydrogen-bond acceptors (Lipinski definition) is 5. The van der Waals surface area contributed by atoms with Gasteiger partial charge in [-0.05, 0) is 53.8 Å². The van der Waals surface area contributed by atoms with E-state index in [1.807, 2.05) is 24.3 Å². The first-order valence-electron chi connectivity index (χ1n) is 10.9. The van der Waals surface area contributed by atoms with E-state index in [0.717, 1.165) is 11.1 Å². The molecule has 5 nitrogen and oxygen atoms in total. The Hall–Kier alpha value is -3.20. The zero-order valence-electron chi connectivity index (χ0n) is 18.6. The highest BCUT2D eigenvalue weighted by Gasteiger charge is 2.42. The summed E-state index contributed by atoms with van der Waals surface area (Å²) < 4.78 is 66.0. The summed E-state index contributed by atoms with van der Waals surface area (Å²) in [6.45, 7) is -2.18. The maximum atomic E-state index is 13.0. The van der Waals surface area contributed by atoms with Crippen LogP contribution >= 0.6 is 0 Å². The molecule has 1 aliphatic rings. The Morgan fingerprint density at radius 3 is 2.21 bits per heavy atom. The van der Waals surface area contributed by atoms with Gasteiger partial charge in [0, 0.05) is 35.8 Å². The highest BCUT2D eigenvalue weighted by molar-refractivity contribution is 5.46. The van der Waals surface area contributed by atoms with Gasteiger partial charge in [-0.15, -0.1) is 0 Å². The van der Waals surface area contributed by atoms with E-state index in [-0.39, 0.29) is 18.1 Å². The number of epoxide rings is 1. The fourth-order valence-corrected chi connectivity index (χ4v) is 3.96. The Balaban J connectivity index is 1.67. The molecule has 0 radical (unpaired) electrons. The fourth-order valence-electron chi connectivity index (χ4n) is 3.96. The van der Waals surface area contributed by atoms with E-state index in [9.17, 15) is 17.6 Å². The lowest BCUT2D eigenvalue weighted by atomic mass is 9.88. The fraction of sp³-hybridized carbons (Fsp3) is 0.360. The van der Waals surface area contributed by atoms with Gasteiger partial charge in [-0.3, -0.25) is 9.97 Å². The van der Waals surface area contributed by atoms with Crippen LogP contribution in [0.15, 0.2) is 61.1 Å². The highest BCUT2D eigenvalue weighted by Crippen LogP contribution is 2.43. The largest absolute Gasteiger partial charge is 0.431 e. The summed E-state index contributed by atoms with van der Waals surface area (Å²) >= 11 is 0. The molecule has 1 fully saturated rings. The second-order valence-electron chi connectivity index (χ2n) is 8.36. The van der Waals surface area contributed by atoms with Crippen LogP contribution in [0.5, 0.6) is 11.5 Å². The van der Waals surface area contributed by atoms with Crippen molar-refractivity contribution in [2.24, 2.45) is 5.92 Å². The number of benzene rings is 1. The van der Waals surface area contributed by atoms with E-state index in [4.69, 9.17) is 4.74 Å². The molecule has 0 aliphatic carbocycles. The maximum absolute atomic E-state index is 13.0. The van der Waals surface area contributed by atoms with Gasteiger partial charge in [-0.1, -0.05) is 26.0 Å². The summed E-state index contributed by atoms with van der Waals surface area (Å²) in [7, 11) is 0. The quantitative estimate of drug-likeness (QED) is 0.260. The van der Waals surface area contributed by atoms with Crippen LogP contribution in [0.3, 0.4) is 0 Å². The number of pyridine rings is 2. The molecule has 3 atom stereocenters. The van der Waals surface area contributed by atoms with Crippen molar-refractivity contribution in [3.8, 4) is 11.5 Å². The minimum Gasteiger partial charge on any atom is -0.431 e. The molecule has 34 heavy (non-hydrogen) atoms. The SMILES string of the molecule is CC(C)C1OC1c1ccc(C(Cc2ccncc2)c2ccc(OC(F)F)c(OC(F)F)c2)nc1. The van der Waals surface area contributed by atoms with Gasteiger partial charge in [0.25, 0.3) is 0 Å². The van der Waals surface area contributed by atoms with Gasteiger partial charge >= 0.3 is 13.2 Å². The Labute approximate surface area is 194 Å². The van der Waals surface area contributed by atoms with Crippen molar-refractivity contribution >= 4 is 0 Å². The Morgan fingerprint density at radius 2 is 1.62 bits per heavy atom. The molecule has 0 spiro atoms. The van der Waals surface area contributed by atoms with E-state index in [2.05, 4.69) is 33.3 Å². The molecule has 3 aromatic rings. The van der Waals surface area contributed by atoms with Crippen molar-refractivity contribution in [3.63, 3.8) is 0 Å². The molecule has 1 saturated heterocycles. The van der Waals surface area contributed by atoms with Crippen LogP contribution in [0.4, 0.5) is 17.6 Å². The summed E-state index contributed by atoms with van der Waals surface area (Å²) in [4.78, 5) is 8.66. The summed E-state index contributed by atoms with van der Waals surface area (Å²) in [6, 6.07) is 11.6. The highest BCUT2D eigenvalue weighted by atomic mass is 19.3. The van der Waals surface area contributed by atoms with E-state index in [0.29, 0.717) is 23.6 Å². The van der Waals surface area contributed by atoms with Crippen molar-refractivity contribution in [1.29, 1.82) is 0 Å². The third-order valence-electron chi connectivity index (χ3n) is 5.67. The van der Waals surface area contributed by atoms with Crippen LogP contribution in [0.25, 0.3) is 0 Å². The number of alkyl halides is 4. The van der Waals surface area contributed by atoms with E-state index >= 15 is 0 Å². The predicted octanol–water partition coefficient (Wildman–Crippen LogP) is 6.15. The van der Waals surface area contributed by atoms with Crippen LogP contribution in [-0.2, 0) is 11.2 Å². The number of hydrogen-bond donors (Lipinski definition) is 0. The number of aromatic nitrogens is 2. The molecule has 2 aromatic heterocycles. The number of ether oxygens (including phenoxy) is 3. The van der Waals surface area contributed by atoms with Crippen molar-refractivity contribution in [3.05, 3.63) is 83.4 Å². The average molecular weight is 476 g/mol. The Morgan fingerprint density at radius 1 is 0.912 bits per heavy atom. The van der Waals surface area contributed by atoms with Gasteiger partial charge in [0.05, 0.1) is 6.10 Å². The third kappa shape index (κ3) is 5.83. The van der Waals surface area contributed by atoms with E-state index in [1.54, 1.807) is 24.7 Å². The topological polar surface area (TPSA) is 56.8 Å². The first-order valence-corrected chi connectivity index (χ1v) is 10.9. The lowest BCUT2D eigenvalue weighted by Crippen LogP contribution is -2.11. The molecule has 0 bridgehead atoms. The minimum atomic E-state index is -3.20. The monoisotopic (exact) mass is 476 g/mol. The lowest BCUT2D eigenvalue weighted by Gasteiger charge is -2.20. The zero-order valence-corrected chi connectivity index (χ0v) is 18.6. The Kier molecular flexibility index (Phi) is 7.31. The van der Waals surface area contributed by atoms with E-state index < -0.39 is 24.7 Å². The smallest absolute Gasteiger partial charge is 0.387 e. The molecule has 1 aromatic carbocycles. The van der Waals surface area contributed by atoms with Crippen LogP contribution in [0.1, 0.15) is 48.3 Å². The van der Waals surface area contributed by atoms with Crippen molar-refractivity contribution in [1.82, 2.24) is 9.97 Å². The first kappa shape index (κ1) is 23.9. The standard InChI is InChI=1S/C25H24F4N2O3/c1-14(2)22-23(34-22)17-3-5-19(31-13-17)18(11-15-7-9-30-10-8-15)16-4-6-20(32-24(26)27)21(12-16)33-25(28)29/h3-10,12-14,18,22-25H,11H2,1-2H3. The Bertz CT molecular complexity index is 1080. The van der Waals surface area contributed by atoms with Gasteiger partial charge in [0.2, 0.25) is 0 Å². The summed E-state index contributed by atoms with van der Waals surface area (Å²) in [5, 5.41) is 0. The molecule has 180 valence electrons. The normalized spacial score (nSPS) is 18.4. The number of nitrogens with zero attached hydrogens (tertiary/aromatic N) is 2. The van der Waals surface area contributed by atoms with Gasteiger partial charge < -0.3 is 14.2 Å². The first-order chi connectivity index (χ1) is 16.3. The summed E-state index contributed by atoms with van der Waals surface area (Å²) in [6.07, 6.45) is 5.72. The average Bonchev–Trinajstić information content (AvgIpc) is 3.60. The van der Waals surface area contributed by atoms with Crippen LogP contribution in [0, 0.1) is 5.92 Å². The lowest BCUT2D eigenvalue weighted by molar-refractivity contribution is -0.0692. The predicted molar refractivity (Wildman–Crippen MR) is 116 cm³/mol. The van der Waals surface area contributed by atoms with Gasteiger partial charge in [-0.2, -0.15) is 17.6 Å². The zero-order chi connectivity index (χ0) is 24.2. The van der Waals surface area contributed by atoms with Crippen molar-refractivity contribution in [2.75, 3.05) is 0 Å². The molecule has 4 rings (SSSR count). The molecule has 0 amide bonds. The number of halogens is 4. The van der Waals surface area contributed by atoms with Crippen molar-refractivity contribution < 1.29 is 31.8 Å². The third-order valence-corrected chi connectivity index (χ3v) is 5.67. The van der Waals surface area contributed by atoms with E-state index in [1.165, 1.54) is 12.1 Å². The molecule has 1 aliphatic heterocycles.